The summed E-state index contributed by atoms with van der Waals surface area (Å²) in [7, 11) is -4.36. The van der Waals surface area contributed by atoms with Crippen LogP contribution in [0.15, 0.2) is 47.4 Å². The van der Waals surface area contributed by atoms with Crippen LogP contribution in [0.3, 0.4) is 0 Å². The van der Waals surface area contributed by atoms with Gasteiger partial charge in [0.25, 0.3) is 0 Å². The minimum absolute atomic E-state index is 0.182. The lowest BCUT2D eigenvalue weighted by molar-refractivity contribution is -0.137. The number of hydrogen-bond acceptors (Lipinski definition) is 4. The lowest BCUT2D eigenvalue weighted by Gasteiger charge is -2.35. The van der Waals surface area contributed by atoms with Crippen molar-refractivity contribution >= 4 is 21.6 Å². The second-order valence-electron chi connectivity index (χ2n) is 6.71. The van der Waals surface area contributed by atoms with E-state index in [1.165, 1.54) is 18.2 Å². The molecule has 164 valence electrons. The Bertz CT molecular complexity index is 996. The van der Waals surface area contributed by atoms with Crippen LogP contribution in [0.25, 0.3) is 0 Å². The monoisotopic (exact) mass is 466 g/mol. The SMILES string of the molecule is O=S(=O)(NCC(c1cccc(F)c1)N1CCOCC1)c1cc(C(F)(F)F)ccc1Cl. The van der Waals surface area contributed by atoms with Crippen LogP contribution >= 0.6 is 11.6 Å². The summed E-state index contributed by atoms with van der Waals surface area (Å²) in [5.41, 5.74) is -0.586. The van der Waals surface area contributed by atoms with Crippen molar-refractivity contribution in [3.8, 4) is 0 Å². The highest BCUT2D eigenvalue weighted by Crippen LogP contribution is 2.33. The molecule has 3 rings (SSSR count). The molecule has 1 N–H and O–H groups in total. The number of alkyl halides is 3. The topological polar surface area (TPSA) is 58.6 Å². The maximum Gasteiger partial charge on any atom is 0.416 e. The molecule has 30 heavy (non-hydrogen) atoms. The summed E-state index contributed by atoms with van der Waals surface area (Å²) in [6, 6.07) is 7.30. The van der Waals surface area contributed by atoms with Crippen LogP contribution in [0.4, 0.5) is 17.6 Å². The number of halogens is 5. The summed E-state index contributed by atoms with van der Waals surface area (Å²) in [5.74, 6) is -0.477. The predicted molar refractivity (Wildman–Crippen MR) is 103 cm³/mol. The number of benzene rings is 2. The third kappa shape index (κ3) is 5.50. The first-order valence-electron chi connectivity index (χ1n) is 9.01. The van der Waals surface area contributed by atoms with E-state index in [0.29, 0.717) is 44.0 Å². The summed E-state index contributed by atoms with van der Waals surface area (Å²) < 4.78 is 85.8. The zero-order chi connectivity index (χ0) is 21.9. The van der Waals surface area contributed by atoms with Crippen LogP contribution in [-0.2, 0) is 20.9 Å². The molecule has 0 amide bonds. The number of rotatable bonds is 6. The third-order valence-corrected chi connectivity index (χ3v) is 6.64. The number of morpholine rings is 1. The first kappa shape index (κ1) is 23.0. The molecule has 1 heterocycles. The molecule has 1 atom stereocenters. The van der Waals surface area contributed by atoms with E-state index in [9.17, 15) is 26.0 Å². The van der Waals surface area contributed by atoms with Crippen LogP contribution in [0.2, 0.25) is 5.02 Å². The van der Waals surface area contributed by atoms with Gasteiger partial charge in [0.15, 0.2) is 0 Å². The smallest absolute Gasteiger partial charge is 0.379 e. The average molecular weight is 467 g/mol. The van der Waals surface area contributed by atoms with Crippen molar-refractivity contribution in [1.82, 2.24) is 9.62 Å². The third-order valence-electron chi connectivity index (χ3n) is 4.73. The summed E-state index contributed by atoms with van der Waals surface area (Å²) in [4.78, 5) is 1.26. The molecule has 0 spiro atoms. The van der Waals surface area contributed by atoms with Gasteiger partial charge in [0, 0.05) is 25.7 Å². The highest BCUT2D eigenvalue weighted by molar-refractivity contribution is 7.89. The summed E-state index contributed by atoms with van der Waals surface area (Å²) in [6.07, 6.45) is -4.72. The molecule has 1 unspecified atom stereocenters. The second kappa shape index (κ2) is 9.19. The van der Waals surface area contributed by atoms with Gasteiger partial charge >= 0.3 is 6.18 Å². The van der Waals surface area contributed by atoms with E-state index >= 15 is 0 Å². The lowest BCUT2D eigenvalue weighted by atomic mass is 10.0. The van der Waals surface area contributed by atoms with E-state index in [2.05, 4.69) is 4.72 Å². The lowest BCUT2D eigenvalue weighted by Crippen LogP contribution is -2.43. The minimum Gasteiger partial charge on any atom is -0.379 e. The molecule has 1 fully saturated rings. The Labute approximate surface area is 176 Å². The molecular weight excluding hydrogens is 448 g/mol. The maximum absolute atomic E-state index is 13.7. The van der Waals surface area contributed by atoms with Crippen LogP contribution in [0, 0.1) is 5.82 Å². The number of nitrogens with zero attached hydrogens (tertiary/aromatic N) is 1. The summed E-state index contributed by atoms with van der Waals surface area (Å²) in [6.45, 7) is 1.66. The Hall–Kier alpha value is -1.72. The van der Waals surface area contributed by atoms with Crippen LogP contribution in [-0.4, -0.2) is 46.2 Å². The van der Waals surface area contributed by atoms with Crippen molar-refractivity contribution < 1.29 is 30.7 Å². The normalized spacial score (nSPS) is 17.1. The van der Waals surface area contributed by atoms with Crippen molar-refractivity contribution in [2.75, 3.05) is 32.8 Å². The second-order valence-corrected chi connectivity index (χ2v) is 8.86. The molecule has 1 saturated heterocycles. The molecule has 5 nitrogen and oxygen atoms in total. The molecular formula is C19H19ClF4N2O3S. The zero-order valence-electron chi connectivity index (χ0n) is 15.6. The molecule has 11 heteroatoms. The van der Waals surface area contributed by atoms with Gasteiger partial charge in [-0.1, -0.05) is 23.7 Å². The van der Waals surface area contributed by atoms with Crippen LogP contribution in [0.5, 0.6) is 0 Å². The molecule has 0 saturated carbocycles. The number of sulfonamides is 1. The van der Waals surface area contributed by atoms with Gasteiger partial charge in [0.1, 0.15) is 10.7 Å². The molecule has 0 radical (unpaired) electrons. The Morgan fingerprint density at radius 3 is 2.47 bits per heavy atom. The molecule has 1 aliphatic heterocycles. The van der Waals surface area contributed by atoms with Gasteiger partial charge in [0.05, 0.1) is 23.8 Å². The number of nitrogens with one attached hydrogen (secondary N) is 1. The summed E-state index contributed by atoms with van der Waals surface area (Å²) in [5, 5.41) is -0.329. The molecule has 0 aromatic heterocycles. The zero-order valence-corrected chi connectivity index (χ0v) is 17.2. The number of hydrogen-bond donors (Lipinski definition) is 1. The van der Waals surface area contributed by atoms with Crippen molar-refractivity contribution in [3.63, 3.8) is 0 Å². The quantitative estimate of drug-likeness (QED) is 0.657. The Morgan fingerprint density at radius 1 is 1.13 bits per heavy atom. The highest BCUT2D eigenvalue weighted by Gasteiger charge is 2.33. The fraction of sp³-hybridized carbons (Fsp3) is 0.368. The Kier molecular flexibility index (Phi) is 7.03. The van der Waals surface area contributed by atoms with E-state index in [-0.39, 0.29) is 11.6 Å². The number of ether oxygens (including phenoxy) is 1. The van der Waals surface area contributed by atoms with Gasteiger partial charge in [-0.3, -0.25) is 4.90 Å². The predicted octanol–water partition coefficient (Wildman–Crippen LogP) is 3.85. The standard InChI is InChI=1S/C19H19ClF4N2O3S/c20-16-5-4-14(19(22,23)24)11-18(16)30(27,28)25-12-17(26-6-8-29-9-7-26)13-2-1-3-15(21)10-13/h1-5,10-11,17,25H,6-9,12H2. The van der Waals surface area contributed by atoms with Crippen LogP contribution < -0.4 is 4.72 Å². The van der Waals surface area contributed by atoms with E-state index < -0.39 is 38.5 Å². The van der Waals surface area contributed by atoms with Crippen molar-refractivity contribution in [1.29, 1.82) is 0 Å². The van der Waals surface area contributed by atoms with Gasteiger partial charge < -0.3 is 4.74 Å². The van der Waals surface area contributed by atoms with Crippen molar-refractivity contribution in [2.24, 2.45) is 0 Å². The first-order valence-corrected chi connectivity index (χ1v) is 10.9. The van der Waals surface area contributed by atoms with Gasteiger partial charge in [-0.2, -0.15) is 13.2 Å². The molecule has 2 aromatic carbocycles. The fourth-order valence-corrected chi connectivity index (χ4v) is 4.77. The average Bonchev–Trinajstić information content (AvgIpc) is 2.68. The summed E-state index contributed by atoms with van der Waals surface area (Å²) >= 11 is 5.87. The highest BCUT2D eigenvalue weighted by atomic mass is 35.5. The maximum atomic E-state index is 13.7. The Morgan fingerprint density at radius 2 is 1.83 bits per heavy atom. The van der Waals surface area contributed by atoms with E-state index in [0.717, 1.165) is 6.07 Å². The largest absolute Gasteiger partial charge is 0.416 e. The van der Waals surface area contributed by atoms with Gasteiger partial charge in [-0.15, -0.1) is 0 Å². The van der Waals surface area contributed by atoms with Crippen molar-refractivity contribution in [2.45, 2.75) is 17.1 Å². The van der Waals surface area contributed by atoms with Gasteiger partial charge in [0.2, 0.25) is 10.0 Å². The molecule has 1 aliphatic rings. The molecule has 0 aliphatic carbocycles. The molecule has 0 bridgehead atoms. The van der Waals surface area contributed by atoms with E-state index in [1.807, 2.05) is 4.90 Å². The van der Waals surface area contributed by atoms with E-state index in [1.54, 1.807) is 6.07 Å². The molecule has 2 aromatic rings. The fourth-order valence-electron chi connectivity index (χ4n) is 3.21. The van der Waals surface area contributed by atoms with E-state index in [4.69, 9.17) is 16.3 Å². The first-order chi connectivity index (χ1) is 14.1. The van der Waals surface area contributed by atoms with Gasteiger partial charge in [-0.05, 0) is 35.9 Å². The van der Waals surface area contributed by atoms with Crippen molar-refractivity contribution in [3.05, 3.63) is 64.4 Å². The Balaban J connectivity index is 1.87. The minimum atomic E-state index is -4.72. The van der Waals surface area contributed by atoms with Gasteiger partial charge in [-0.25, -0.2) is 17.5 Å². The van der Waals surface area contributed by atoms with Crippen LogP contribution in [0.1, 0.15) is 17.2 Å².